The summed E-state index contributed by atoms with van der Waals surface area (Å²) in [6.45, 7) is 5.15. The van der Waals surface area contributed by atoms with Gasteiger partial charge < -0.3 is 0 Å². The SMILES string of the molecule is Cc1cc(C)c(C(N=C=O)N=C=O)c(C)c1C(N=C=O)N=C=O. The number of hydrogen-bond donors (Lipinski definition) is 0. The van der Waals surface area contributed by atoms with E-state index in [2.05, 4.69) is 20.0 Å². The first-order valence-corrected chi connectivity index (χ1v) is 6.40. The predicted molar refractivity (Wildman–Crippen MR) is 78.6 cm³/mol. The number of hydrogen-bond acceptors (Lipinski definition) is 8. The van der Waals surface area contributed by atoms with Gasteiger partial charge in [0, 0.05) is 11.1 Å². The van der Waals surface area contributed by atoms with Crippen LogP contribution in [0.4, 0.5) is 0 Å². The summed E-state index contributed by atoms with van der Waals surface area (Å²) < 4.78 is 0. The molecule has 0 saturated heterocycles. The van der Waals surface area contributed by atoms with Crippen LogP contribution in [-0.4, -0.2) is 24.3 Å². The number of aliphatic imine (C=N–C) groups is 4. The Morgan fingerprint density at radius 1 is 0.696 bits per heavy atom. The van der Waals surface area contributed by atoms with Gasteiger partial charge in [-0.05, 0) is 37.5 Å². The summed E-state index contributed by atoms with van der Waals surface area (Å²) in [7, 11) is 0. The van der Waals surface area contributed by atoms with E-state index >= 15 is 0 Å². The molecule has 8 nitrogen and oxygen atoms in total. The molecule has 0 aliphatic carbocycles. The highest BCUT2D eigenvalue weighted by atomic mass is 16.1. The maximum atomic E-state index is 10.6. The second-order valence-electron chi connectivity index (χ2n) is 4.59. The van der Waals surface area contributed by atoms with Gasteiger partial charge in [-0.15, -0.1) is 0 Å². The molecule has 0 N–H and O–H groups in total. The van der Waals surface area contributed by atoms with E-state index in [1.54, 1.807) is 26.8 Å². The largest absolute Gasteiger partial charge is 0.237 e. The molecule has 116 valence electrons. The Kier molecular flexibility index (Phi) is 6.38. The fourth-order valence-electron chi connectivity index (χ4n) is 2.53. The molecule has 0 unspecified atom stereocenters. The molecule has 0 atom stereocenters. The highest BCUT2D eigenvalue weighted by Gasteiger charge is 2.23. The molecule has 0 amide bonds. The first-order valence-electron chi connectivity index (χ1n) is 6.40. The number of benzene rings is 1. The predicted octanol–water partition coefficient (Wildman–Crippen LogP) is 1.95. The lowest BCUT2D eigenvalue weighted by molar-refractivity contribution is 0.551. The van der Waals surface area contributed by atoms with Crippen LogP contribution in [0.15, 0.2) is 26.0 Å². The lowest BCUT2D eigenvalue weighted by Crippen LogP contribution is -2.07. The maximum absolute atomic E-state index is 10.6. The van der Waals surface area contributed by atoms with Crippen molar-refractivity contribution in [1.82, 2.24) is 0 Å². The van der Waals surface area contributed by atoms with Crippen LogP contribution in [0.25, 0.3) is 0 Å². The summed E-state index contributed by atoms with van der Waals surface area (Å²) >= 11 is 0. The quantitative estimate of drug-likeness (QED) is 0.589. The third-order valence-corrected chi connectivity index (χ3v) is 3.31. The average Bonchev–Trinajstić information content (AvgIpc) is 2.47. The third-order valence-electron chi connectivity index (χ3n) is 3.31. The highest BCUT2D eigenvalue weighted by molar-refractivity contribution is 5.52. The van der Waals surface area contributed by atoms with Gasteiger partial charge in [0.15, 0.2) is 12.3 Å². The van der Waals surface area contributed by atoms with Crippen LogP contribution >= 0.6 is 0 Å². The van der Waals surface area contributed by atoms with Gasteiger partial charge >= 0.3 is 0 Å². The molecule has 1 rings (SSSR count). The second-order valence-corrected chi connectivity index (χ2v) is 4.59. The van der Waals surface area contributed by atoms with E-state index in [0.717, 1.165) is 0 Å². The Morgan fingerprint density at radius 2 is 1.00 bits per heavy atom. The van der Waals surface area contributed by atoms with Gasteiger partial charge in [0.1, 0.15) is 0 Å². The van der Waals surface area contributed by atoms with Gasteiger partial charge in [-0.1, -0.05) is 6.07 Å². The molecule has 0 fully saturated rings. The Labute approximate surface area is 131 Å². The zero-order valence-electron chi connectivity index (χ0n) is 12.7. The first kappa shape index (κ1) is 17.8. The number of nitrogens with zero attached hydrogens (tertiary/aromatic N) is 4. The number of rotatable bonds is 6. The molecule has 1 aromatic carbocycles. The number of aryl methyl sites for hydroxylation is 2. The topological polar surface area (TPSA) is 118 Å². The average molecular weight is 312 g/mol. The second kappa shape index (κ2) is 8.25. The van der Waals surface area contributed by atoms with Crippen LogP contribution in [0, 0.1) is 20.8 Å². The molecule has 0 spiro atoms. The van der Waals surface area contributed by atoms with Crippen molar-refractivity contribution in [1.29, 1.82) is 0 Å². The van der Waals surface area contributed by atoms with Crippen LogP contribution in [-0.2, 0) is 19.2 Å². The van der Waals surface area contributed by atoms with Crippen molar-refractivity contribution in [3.8, 4) is 0 Å². The summed E-state index contributed by atoms with van der Waals surface area (Å²) in [4.78, 5) is 56.1. The molecular weight excluding hydrogens is 300 g/mol. The molecule has 0 radical (unpaired) electrons. The van der Waals surface area contributed by atoms with E-state index in [-0.39, 0.29) is 0 Å². The molecule has 23 heavy (non-hydrogen) atoms. The molecule has 0 aromatic heterocycles. The van der Waals surface area contributed by atoms with Crippen LogP contribution in [0.1, 0.15) is 40.1 Å². The van der Waals surface area contributed by atoms with Crippen molar-refractivity contribution in [3.63, 3.8) is 0 Å². The van der Waals surface area contributed by atoms with Crippen molar-refractivity contribution < 1.29 is 19.2 Å². The van der Waals surface area contributed by atoms with Crippen molar-refractivity contribution in [2.75, 3.05) is 0 Å². The summed E-state index contributed by atoms with van der Waals surface area (Å²) in [6.07, 6.45) is 3.16. The van der Waals surface area contributed by atoms with Gasteiger partial charge in [0.2, 0.25) is 24.3 Å². The fourth-order valence-corrected chi connectivity index (χ4v) is 2.53. The minimum absolute atomic E-state index is 0.449. The molecule has 0 aliphatic rings. The number of isocyanates is 4. The number of carbonyl (C=O) groups excluding carboxylic acids is 4. The zero-order chi connectivity index (χ0) is 17.4. The minimum atomic E-state index is -1.12. The molecule has 0 aliphatic heterocycles. The highest BCUT2D eigenvalue weighted by Crippen LogP contribution is 2.34. The Morgan fingerprint density at radius 3 is 1.26 bits per heavy atom. The van der Waals surface area contributed by atoms with Gasteiger partial charge in [-0.3, -0.25) is 0 Å². The normalized spacial score (nSPS) is 11.8. The summed E-state index contributed by atoms with van der Waals surface area (Å²) in [6, 6.07) is 1.72. The molecule has 8 heteroatoms. The summed E-state index contributed by atoms with van der Waals surface area (Å²) in [5.41, 5.74) is 2.84. The fraction of sp³-hybridized carbons (Fsp3) is 0.333. The summed E-state index contributed by atoms with van der Waals surface area (Å²) in [5.74, 6) is 0. The van der Waals surface area contributed by atoms with Crippen LogP contribution in [0.2, 0.25) is 0 Å². The van der Waals surface area contributed by atoms with Crippen LogP contribution in [0.3, 0.4) is 0 Å². The maximum Gasteiger partial charge on any atom is 0.237 e. The molecule has 0 heterocycles. The lowest BCUT2D eigenvalue weighted by atomic mass is 9.90. The molecule has 0 saturated carbocycles. The minimum Gasteiger partial charge on any atom is -0.211 e. The Balaban J connectivity index is 3.78. The van der Waals surface area contributed by atoms with Gasteiger partial charge in [-0.2, -0.15) is 20.0 Å². The summed E-state index contributed by atoms with van der Waals surface area (Å²) in [5, 5.41) is 0. The molecule has 1 aromatic rings. The van der Waals surface area contributed by atoms with Gasteiger partial charge in [0.25, 0.3) is 0 Å². The first-order chi connectivity index (χ1) is 11.0. The monoisotopic (exact) mass is 312 g/mol. The van der Waals surface area contributed by atoms with Crippen LogP contribution < -0.4 is 0 Å². The third kappa shape index (κ3) is 3.89. The van der Waals surface area contributed by atoms with Crippen molar-refractivity contribution in [2.24, 2.45) is 20.0 Å². The van der Waals surface area contributed by atoms with Crippen molar-refractivity contribution >= 4 is 24.3 Å². The van der Waals surface area contributed by atoms with Crippen LogP contribution in [0.5, 0.6) is 0 Å². The molecular formula is C15H12N4O4. The lowest BCUT2D eigenvalue weighted by Gasteiger charge is -2.19. The Hall–Kier alpha value is -3.26. The van der Waals surface area contributed by atoms with Crippen molar-refractivity contribution in [3.05, 3.63) is 33.9 Å². The smallest absolute Gasteiger partial charge is 0.211 e. The van der Waals surface area contributed by atoms with E-state index in [0.29, 0.717) is 27.8 Å². The zero-order valence-corrected chi connectivity index (χ0v) is 12.7. The van der Waals surface area contributed by atoms with E-state index in [1.165, 1.54) is 24.3 Å². The van der Waals surface area contributed by atoms with Gasteiger partial charge in [0.05, 0.1) is 0 Å². The van der Waals surface area contributed by atoms with E-state index in [9.17, 15) is 19.2 Å². The Bertz CT molecular complexity index is 707. The standard InChI is InChI=1S/C15H12N4O4/c1-9-4-10(2)13(15(18-7-22)19-8-23)11(3)12(9)14(16-5-20)17-6-21/h4,14-15H,1-3H3. The van der Waals surface area contributed by atoms with E-state index in [1.807, 2.05) is 0 Å². The van der Waals surface area contributed by atoms with E-state index in [4.69, 9.17) is 0 Å². The van der Waals surface area contributed by atoms with E-state index < -0.39 is 12.3 Å². The molecule has 0 bridgehead atoms. The van der Waals surface area contributed by atoms with Crippen molar-refractivity contribution in [2.45, 2.75) is 33.1 Å². The van der Waals surface area contributed by atoms with Gasteiger partial charge in [-0.25, -0.2) is 19.2 Å².